The molecular weight excluding hydrogens is 568 g/mol. The van der Waals surface area contributed by atoms with Gasteiger partial charge in [-0.3, -0.25) is 14.2 Å². The Balaban J connectivity index is 1.69. The lowest BCUT2D eigenvalue weighted by Gasteiger charge is -2.34. The monoisotopic (exact) mass is 612 g/mol. The zero-order valence-corrected chi connectivity index (χ0v) is 27.6. The summed E-state index contributed by atoms with van der Waals surface area (Å²) in [4.78, 5) is 35.7. The fraction of sp³-hybridized carbons (Fsp3) is 0.382. The zero-order chi connectivity index (χ0) is 31.4. The van der Waals surface area contributed by atoms with Crippen LogP contribution in [0.2, 0.25) is 25.7 Å². The highest BCUT2D eigenvalue weighted by atomic mass is 28.3. The number of hydrogen-bond acceptors (Lipinski definition) is 6. The number of aryl methyl sites for hydroxylation is 1. The molecule has 0 bridgehead atoms. The Kier molecular flexibility index (Phi) is 9.53. The van der Waals surface area contributed by atoms with E-state index in [1.165, 1.54) is 11.8 Å². The van der Waals surface area contributed by atoms with Gasteiger partial charge in [-0.25, -0.2) is 4.98 Å². The zero-order valence-electron chi connectivity index (χ0n) is 26.6. The van der Waals surface area contributed by atoms with E-state index in [-0.39, 0.29) is 18.2 Å². The Hall–Kier alpha value is -3.99. The predicted molar refractivity (Wildman–Crippen MR) is 183 cm³/mol. The highest BCUT2D eigenvalue weighted by molar-refractivity contribution is 6.76. The normalized spacial score (nSPS) is 14.2. The highest BCUT2D eigenvalue weighted by Crippen LogP contribution is 2.40. The van der Waals surface area contributed by atoms with E-state index >= 15 is 0 Å². The summed E-state index contributed by atoms with van der Waals surface area (Å²) in [5.41, 5.74) is 5.69. The summed E-state index contributed by atoms with van der Waals surface area (Å²) >= 11 is 0. The Morgan fingerprint density at radius 2 is 1.80 bits per heavy atom. The maximum absolute atomic E-state index is 14.0. The van der Waals surface area contributed by atoms with Crippen LogP contribution < -0.4 is 15.8 Å². The number of carbonyl (C=O) groups is 1. The lowest BCUT2D eigenvalue weighted by molar-refractivity contribution is -0.111. The standard InChI is InChI=1S/C34H44N6O3Si/c1-7-29(41)36-27-11-9-10-26(22-27)30-31-33(35-23-38(8-2)34(31)42)40(24-43-20-21-44(4,5)6)32(30)25-12-14-28(15-13-25)39-18-16-37(3)17-19-39/h7,9-15,22-23H,1,8,16-21,24H2,2-6H3,(H,36,41). The number of likely N-dealkylation sites (N-methyl/N-ethyl adjacent to an activating group) is 1. The van der Waals surface area contributed by atoms with Gasteiger partial charge in [0.2, 0.25) is 5.91 Å². The van der Waals surface area contributed by atoms with Crippen molar-refractivity contribution >= 4 is 36.4 Å². The summed E-state index contributed by atoms with van der Waals surface area (Å²) in [7, 11) is 0.859. The molecule has 0 spiro atoms. The van der Waals surface area contributed by atoms with Gasteiger partial charge in [0, 0.05) is 64.3 Å². The molecule has 1 fully saturated rings. The molecule has 44 heavy (non-hydrogen) atoms. The molecule has 0 unspecified atom stereocenters. The highest BCUT2D eigenvalue weighted by Gasteiger charge is 2.25. The molecule has 0 atom stereocenters. The van der Waals surface area contributed by atoms with Crippen molar-refractivity contribution < 1.29 is 9.53 Å². The number of fused-ring (bicyclic) bond motifs is 1. The molecular formula is C34H44N6O3Si. The van der Waals surface area contributed by atoms with E-state index in [2.05, 4.69) is 72.6 Å². The quantitative estimate of drug-likeness (QED) is 0.132. The van der Waals surface area contributed by atoms with Gasteiger partial charge < -0.3 is 24.4 Å². The van der Waals surface area contributed by atoms with Gasteiger partial charge in [-0.05, 0) is 61.5 Å². The number of amides is 1. The number of nitrogens with one attached hydrogen (secondary N) is 1. The second-order valence-corrected chi connectivity index (χ2v) is 18.3. The number of ether oxygens (including phenoxy) is 1. The minimum Gasteiger partial charge on any atom is -0.369 e. The van der Waals surface area contributed by atoms with Crippen molar-refractivity contribution in [3.05, 3.63) is 77.9 Å². The first-order valence-corrected chi connectivity index (χ1v) is 19.1. The summed E-state index contributed by atoms with van der Waals surface area (Å²) in [6.45, 7) is 18.0. The lowest BCUT2D eigenvalue weighted by atomic mass is 9.98. The van der Waals surface area contributed by atoms with E-state index in [9.17, 15) is 9.59 Å². The van der Waals surface area contributed by atoms with Crippen LogP contribution in [0.3, 0.4) is 0 Å². The smallest absolute Gasteiger partial charge is 0.263 e. The van der Waals surface area contributed by atoms with Crippen LogP contribution >= 0.6 is 0 Å². The Morgan fingerprint density at radius 1 is 1.07 bits per heavy atom. The van der Waals surface area contributed by atoms with Gasteiger partial charge in [0.25, 0.3) is 5.56 Å². The number of aromatic nitrogens is 3. The Morgan fingerprint density at radius 3 is 2.45 bits per heavy atom. The van der Waals surface area contributed by atoms with E-state index in [4.69, 9.17) is 9.72 Å². The SMILES string of the molecule is C=CC(=O)Nc1cccc(-c2c(-c3ccc(N4CCN(C)CC4)cc3)n(COCC[Si](C)(C)C)c3ncn(CC)c(=O)c23)c1. The molecule has 0 saturated carbocycles. The molecule has 1 amide bonds. The molecule has 1 aliphatic rings. The van der Waals surface area contributed by atoms with Crippen LogP contribution in [-0.4, -0.2) is 72.8 Å². The third-order valence-corrected chi connectivity index (χ3v) is 9.91. The third kappa shape index (κ3) is 6.88. The van der Waals surface area contributed by atoms with Crippen molar-refractivity contribution in [3.8, 4) is 22.4 Å². The minimum absolute atomic E-state index is 0.107. The van der Waals surface area contributed by atoms with Gasteiger partial charge in [-0.2, -0.15) is 0 Å². The van der Waals surface area contributed by atoms with E-state index in [0.29, 0.717) is 29.9 Å². The first-order valence-electron chi connectivity index (χ1n) is 15.4. The fourth-order valence-corrected chi connectivity index (χ4v) is 6.33. The summed E-state index contributed by atoms with van der Waals surface area (Å²) < 4.78 is 9.97. The minimum atomic E-state index is -1.30. The number of nitrogens with zero attached hydrogens (tertiary/aromatic N) is 5. The molecule has 9 nitrogen and oxygen atoms in total. The van der Waals surface area contributed by atoms with Crippen molar-refractivity contribution in [2.75, 3.05) is 50.1 Å². The molecule has 2 aromatic heterocycles. The lowest BCUT2D eigenvalue weighted by Crippen LogP contribution is -2.44. The first-order chi connectivity index (χ1) is 21.1. The molecule has 1 aliphatic heterocycles. The molecule has 0 radical (unpaired) electrons. The third-order valence-electron chi connectivity index (χ3n) is 8.20. The second-order valence-electron chi connectivity index (χ2n) is 12.6. The molecule has 3 heterocycles. The summed E-state index contributed by atoms with van der Waals surface area (Å²) in [6.07, 6.45) is 2.86. The van der Waals surface area contributed by atoms with Crippen molar-refractivity contribution in [1.82, 2.24) is 19.0 Å². The van der Waals surface area contributed by atoms with Crippen molar-refractivity contribution in [2.45, 2.75) is 45.9 Å². The summed E-state index contributed by atoms with van der Waals surface area (Å²) in [6, 6.07) is 17.2. The average Bonchev–Trinajstić information content (AvgIpc) is 3.34. The Bertz CT molecular complexity index is 1700. The second kappa shape index (κ2) is 13.3. The Labute approximate surface area is 260 Å². The predicted octanol–water partition coefficient (Wildman–Crippen LogP) is 5.74. The maximum Gasteiger partial charge on any atom is 0.263 e. The largest absolute Gasteiger partial charge is 0.369 e. The van der Waals surface area contributed by atoms with Crippen molar-refractivity contribution in [3.63, 3.8) is 0 Å². The molecule has 0 aliphatic carbocycles. The number of rotatable bonds is 11. The molecule has 4 aromatic rings. The molecule has 5 rings (SSSR count). The average molecular weight is 613 g/mol. The van der Waals surface area contributed by atoms with E-state index in [1.807, 2.05) is 35.8 Å². The van der Waals surface area contributed by atoms with E-state index in [1.54, 1.807) is 10.9 Å². The first kappa shape index (κ1) is 31.4. The van der Waals surface area contributed by atoms with Gasteiger partial charge in [0.15, 0.2) is 0 Å². The molecule has 1 saturated heterocycles. The van der Waals surface area contributed by atoms with Gasteiger partial charge in [-0.1, -0.05) is 50.5 Å². The molecule has 2 aromatic carbocycles. The number of anilines is 2. The topological polar surface area (TPSA) is 84.6 Å². The molecule has 232 valence electrons. The van der Waals surface area contributed by atoms with Crippen molar-refractivity contribution in [1.29, 1.82) is 0 Å². The van der Waals surface area contributed by atoms with E-state index < -0.39 is 8.07 Å². The van der Waals surface area contributed by atoms with E-state index in [0.717, 1.165) is 54.6 Å². The summed E-state index contributed by atoms with van der Waals surface area (Å²) in [5.74, 6) is -0.296. The van der Waals surface area contributed by atoms with Crippen LogP contribution in [0.25, 0.3) is 33.4 Å². The summed E-state index contributed by atoms with van der Waals surface area (Å²) in [5, 5.41) is 3.40. The van der Waals surface area contributed by atoms with Crippen molar-refractivity contribution in [2.24, 2.45) is 0 Å². The number of piperazine rings is 1. The molecule has 10 heteroatoms. The number of carbonyl (C=O) groups excluding carboxylic acids is 1. The van der Waals surface area contributed by atoms with Gasteiger partial charge >= 0.3 is 0 Å². The van der Waals surface area contributed by atoms with Crippen LogP contribution in [0.1, 0.15) is 6.92 Å². The van der Waals surface area contributed by atoms with Gasteiger partial charge in [-0.15, -0.1) is 0 Å². The maximum atomic E-state index is 14.0. The fourth-order valence-electron chi connectivity index (χ4n) is 5.57. The van der Waals surface area contributed by atoms with Crippen LogP contribution in [0.4, 0.5) is 11.4 Å². The van der Waals surface area contributed by atoms with Gasteiger partial charge in [0.1, 0.15) is 12.4 Å². The van der Waals surface area contributed by atoms with Crippen LogP contribution in [-0.2, 0) is 22.8 Å². The number of benzene rings is 2. The van der Waals surface area contributed by atoms with Crippen LogP contribution in [0.15, 0.2) is 72.3 Å². The van der Waals surface area contributed by atoms with Crippen LogP contribution in [0, 0.1) is 0 Å². The van der Waals surface area contributed by atoms with Gasteiger partial charge in [0.05, 0.1) is 17.4 Å². The number of hydrogen-bond donors (Lipinski definition) is 1. The molecule has 1 N–H and O–H groups in total. The van der Waals surface area contributed by atoms with Crippen LogP contribution in [0.5, 0.6) is 0 Å².